The Hall–Kier alpha value is -3.72. The number of methoxy groups -OCH3 is 1. The number of benzene rings is 3. The van der Waals surface area contributed by atoms with Gasteiger partial charge in [-0.2, -0.15) is 13.2 Å². The second-order valence-electron chi connectivity index (χ2n) is 7.89. The molecule has 0 bridgehead atoms. The van der Waals surface area contributed by atoms with E-state index < -0.39 is 30.1 Å². The molecule has 4 rings (SSSR count). The molecule has 0 spiro atoms. The lowest BCUT2D eigenvalue weighted by Crippen LogP contribution is -2.63. The van der Waals surface area contributed by atoms with Gasteiger partial charge in [0.05, 0.1) is 25.8 Å². The third-order valence-corrected chi connectivity index (χ3v) is 5.88. The van der Waals surface area contributed by atoms with Crippen molar-refractivity contribution in [2.75, 3.05) is 12.0 Å². The molecule has 1 N–H and O–H groups in total. The van der Waals surface area contributed by atoms with Gasteiger partial charge in [-0.15, -0.1) is 0 Å². The minimum Gasteiger partial charge on any atom is -0.497 e. The van der Waals surface area contributed by atoms with Crippen molar-refractivity contribution in [2.24, 2.45) is 0 Å². The standard InChI is InChI=1S/C25H20ClF3N2O4/c1-34-18-10-7-16(8-11-18)15-31-21-12-9-17(26)13-20(21)24(25(27,28)29,30-23(31)33)14-22(32)35-19-5-3-2-4-6-19/h2-13H,14-15H2,1H3,(H,30,33)/t24-/m1/s1. The molecule has 0 aromatic heterocycles. The summed E-state index contributed by atoms with van der Waals surface area (Å²) < 4.78 is 54.1. The van der Waals surface area contributed by atoms with E-state index in [1.165, 1.54) is 36.3 Å². The highest BCUT2D eigenvalue weighted by Gasteiger charge is 2.62. The van der Waals surface area contributed by atoms with Crippen LogP contribution >= 0.6 is 11.6 Å². The maximum atomic E-state index is 14.6. The molecule has 35 heavy (non-hydrogen) atoms. The molecule has 1 aliphatic heterocycles. The summed E-state index contributed by atoms with van der Waals surface area (Å²) in [6, 6.07) is 17.3. The van der Waals surface area contributed by atoms with Crippen molar-refractivity contribution in [2.45, 2.75) is 24.7 Å². The summed E-state index contributed by atoms with van der Waals surface area (Å²) in [7, 11) is 1.51. The number of carbonyl (C=O) groups excluding carboxylic acids is 2. The number of nitrogens with one attached hydrogen (secondary N) is 1. The van der Waals surface area contributed by atoms with E-state index >= 15 is 0 Å². The molecule has 2 amide bonds. The number of alkyl halides is 3. The Balaban J connectivity index is 1.74. The van der Waals surface area contributed by atoms with E-state index in [4.69, 9.17) is 21.1 Å². The van der Waals surface area contributed by atoms with E-state index in [1.54, 1.807) is 42.5 Å². The maximum Gasteiger partial charge on any atom is 0.416 e. The van der Waals surface area contributed by atoms with Gasteiger partial charge in [-0.05, 0) is 48.0 Å². The van der Waals surface area contributed by atoms with Crippen LogP contribution in [0.5, 0.6) is 11.5 Å². The number of hydrogen-bond acceptors (Lipinski definition) is 4. The number of urea groups is 1. The minimum absolute atomic E-state index is 0.0150. The number of anilines is 1. The number of esters is 1. The number of fused-ring (bicyclic) bond motifs is 1. The highest BCUT2D eigenvalue weighted by atomic mass is 35.5. The number of halogens is 4. The zero-order valence-electron chi connectivity index (χ0n) is 18.4. The van der Waals surface area contributed by atoms with Crippen LogP contribution in [0.1, 0.15) is 17.5 Å². The third kappa shape index (κ3) is 4.90. The zero-order valence-corrected chi connectivity index (χ0v) is 19.2. The van der Waals surface area contributed by atoms with Crippen LogP contribution in [-0.4, -0.2) is 25.3 Å². The molecule has 1 aliphatic rings. The number of rotatable bonds is 6. The third-order valence-electron chi connectivity index (χ3n) is 5.64. The molecule has 3 aromatic carbocycles. The van der Waals surface area contributed by atoms with Gasteiger partial charge in [-0.3, -0.25) is 9.69 Å². The van der Waals surface area contributed by atoms with E-state index in [0.717, 1.165) is 6.07 Å². The molecular formula is C25H20ClF3N2O4. The number of ether oxygens (including phenoxy) is 2. The average molecular weight is 505 g/mol. The number of hydrogen-bond donors (Lipinski definition) is 1. The average Bonchev–Trinajstić information content (AvgIpc) is 2.82. The fourth-order valence-electron chi connectivity index (χ4n) is 3.92. The lowest BCUT2D eigenvalue weighted by atomic mass is 9.82. The van der Waals surface area contributed by atoms with Crippen LogP contribution in [-0.2, 0) is 16.9 Å². The predicted octanol–water partition coefficient (Wildman–Crippen LogP) is 5.83. The first-order valence-electron chi connectivity index (χ1n) is 10.5. The number of carbonyl (C=O) groups is 2. The summed E-state index contributed by atoms with van der Waals surface area (Å²) in [6.07, 6.45) is -6.22. The molecule has 182 valence electrons. The van der Waals surface area contributed by atoms with E-state index in [2.05, 4.69) is 0 Å². The normalized spacial score (nSPS) is 17.4. The van der Waals surface area contributed by atoms with Crippen molar-refractivity contribution in [1.82, 2.24) is 5.32 Å². The molecule has 0 radical (unpaired) electrons. The molecule has 1 atom stereocenters. The van der Waals surface area contributed by atoms with Crippen molar-refractivity contribution < 1.29 is 32.2 Å². The van der Waals surface area contributed by atoms with Crippen molar-refractivity contribution in [3.8, 4) is 11.5 Å². The predicted molar refractivity (Wildman–Crippen MR) is 124 cm³/mol. The van der Waals surface area contributed by atoms with Gasteiger partial charge < -0.3 is 14.8 Å². The fraction of sp³-hybridized carbons (Fsp3) is 0.200. The molecule has 0 unspecified atom stereocenters. The minimum atomic E-state index is -5.04. The van der Waals surface area contributed by atoms with E-state index in [9.17, 15) is 22.8 Å². The van der Waals surface area contributed by atoms with Gasteiger partial charge in [-0.25, -0.2) is 4.79 Å². The quantitative estimate of drug-likeness (QED) is 0.339. The first-order valence-corrected chi connectivity index (χ1v) is 10.9. The maximum absolute atomic E-state index is 14.6. The highest BCUT2D eigenvalue weighted by molar-refractivity contribution is 6.30. The summed E-state index contributed by atoms with van der Waals surface area (Å²) in [4.78, 5) is 26.9. The summed E-state index contributed by atoms with van der Waals surface area (Å²) >= 11 is 6.07. The summed E-state index contributed by atoms with van der Waals surface area (Å²) in [5, 5.41) is 2.06. The zero-order chi connectivity index (χ0) is 25.2. The number of para-hydroxylation sites is 1. The molecule has 0 aliphatic carbocycles. The molecule has 3 aromatic rings. The van der Waals surface area contributed by atoms with Gasteiger partial charge in [-0.1, -0.05) is 41.9 Å². The highest BCUT2D eigenvalue weighted by Crippen LogP contribution is 2.49. The Kier molecular flexibility index (Phi) is 6.62. The van der Waals surface area contributed by atoms with Gasteiger partial charge in [0.25, 0.3) is 0 Å². The first-order chi connectivity index (χ1) is 16.6. The van der Waals surface area contributed by atoms with Crippen molar-refractivity contribution in [3.05, 3.63) is 88.9 Å². The monoisotopic (exact) mass is 504 g/mol. The van der Waals surface area contributed by atoms with Crippen LogP contribution in [0, 0.1) is 0 Å². The summed E-state index contributed by atoms with van der Waals surface area (Å²) in [5.41, 5.74) is -2.74. The van der Waals surface area contributed by atoms with Crippen molar-refractivity contribution in [1.29, 1.82) is 0 Å². The lowest BCUT2D eigenvalue weighted by molar-refractivity contribution is -0.203. The van der Waals surface area contributed by atoms with E-state index in [-0.39, 0.29) is 28.6 Å². The van der Waals surface area contributed by atoms with Crippen LogP contribution in [0.4, 0.5) is 23.7 Å². The smallest absolute Gasteiger partial charge is 0.416 e. The number of amides is 2. The van der Waals surface area contributed by atoms with E-state index in [0.29, 0.717) is 11.3 Å². The molecule has 1 heterocycles. The van der Waals surface area contributed by atoms with Gasteiger partial charge in [0.15, 0.2) is 5.54 Å². The molecule has 6 nitrogen and oxygen atoms in total. The van der Waals surface area contributed by atoms with Crippen LogP contribution in [0.2, 0.25) is 5.02 Å². The molecular weight excluding hydrogens is 485 g/mol. The summed E-state index contributed by atoms with van der Waals surface area (Å²) in [5.74, 6) is -0.482. The van der Waals surface area contributed by atoms with Crippen molar-refractivity contribution in [3.63, 3.8) is 0 Å². The van der Waals surface area contributed by atoms with Crippen LogP contribution in [0.25, 0.3) is 0 Å². The van der Waals surface area contributed by atoms with Crippen LogP contribution in [0.15, 0.2) is 72.8 Å². The molecule has 10 heteroatoms. The Morgan fingerprint density at radius 2 is 1.71 bits per heavy atom. The molecule has 0 fully saturated rings. The Bertz CT molecular complexity index is 1240. The van der Waals surface area contributed by atoms with Gasteiger partial charge in [0.1, 0.15) is 11.5 Å². The first kappa shape index (κ1) is 24.4. The Morgan fingerprint density at radius 3 is 2.34 bits per heavy atom. The van der Waals surface area contributed by atoms with Crippen LogP contribution in [0.3, 0.4) is 0 Å². The topological polar surface area (TPSA) is 67.9 Å². The lowest BCUT2D eigenvalue weighted by Gasteiger charge is -2.44. The van der Waals surface area contributed by atoms with Crippen molar-refractivity contribution >= 4 is 29.3 Å². The second-order valence-corrected chi connectivity index (χ2v) is 8.33. The Labute approximate surface area is 204 Å². The second kappa shape index (κ2) is 9.50. The number of nitrogens with zero attached hydrogens (tertiary/aromatic N) is 1. The van der Waals surface area contributed by atoms with Gasteiger partial charge >= 0.3 is 18.2 Å². The van der Waals surface area contributed by atoms with E-state index in [1.807, 2.05) is 5.32 Å². The molecule has 0 saturated carbocycles. The molecule has 0 saturated heterocycles. The largest absolute Gasteiger partial charge is 0.497 e. The summed E-state index contributed by atoms with van der Waals surface area (Å²) in [6.45, 7) is -0.0210. The SMILES string of the molecule is COc1ccc(CN2C(=O)N[C@@](CC(=O)Oc3ccccc3)(C(F)(F)F)c3cc(Cl)ccc32)cc1. The van der Waals surface area contributed by atoms with Crippen LogP contribution < -0.4 is 19.7 Å². The van der Waals surface area contributed by atoms with Gasteiger partial charge in [0, 0.05) is 10.6 Å². The fourth-order valence-corrected chi connectivity index (χ4v) is 4.09. The Morgan fingerprint density at radius 1 is 1.03 bits per heavy atom. The van der Waals surface area contributed by atoms with Gasteiger partial charge in [0.2, 0.25) is 0 Å².